The van der Waals surface area contributed by atoms with E-state index in [2.05, 4.69) is 54.0 Å². The SMILES string of the molecule is C[C@@H]1C[C@@H](C)CN(C2CCN(CCc3ccccc3)CC2)C1. The molecule has 2 nitrogen and oxygen atoms in total. The van der Waals surface area contributed by atoms with Crippen LogP contribution in [0.5, 0.6) is 0 Å². The first-order chi connectivity index (χ1) is 10.7. The molecular formula is C20H32N2. The van der Waals surface area contributed by atoms with Crippen molar-refractivity contribution < 1.29 is 0 Å². The van der Waals surface area contributed by atoms with Crippen molar-refractivity contribution in [3.8, 4) is 0 Å². The van der Waals surface area contributed by atoms with Crippen LogP contribution in [0.2, 0.25) is 0 Å². The number of hydrogen-bond acceptors (Lipinski definition) is 2. The predicted octanol–water partition coefficient (Wildman–Crippen LogP) is 3.67. The molecule has 0 unspecified atom stereocenters. The van der Waals surface area contributed by atoms with Gasteiger partial charge in [-0.2, -0.15) is 0 Å². The fourth-order valence-electron chi connectivity index (χ4n) is 4.45. The minimum atomic E-state index is 0.846. The van der Waals surface area contributed by atoms with Gasteiger partial charge in [-0.25, -0.2) is 0 Å². The van der Waals surface area contributed by atoms with E-state index in [9.17, 15) is 0 Å². The average Bonchev–Trinajstić information content (AvgIpc) is 2.53. The molecule has 0 bridgehead atoms. The molecule has 0 saturated carbocycles. The van der Waals surface area contributed by atoms with E-state index in [0.717, 1.165) is 17.9 Å². The smallest absolute Gasteiger partial charge is 0.0120 e. The van der Waals surface area contributed by atoms with Gasteiger partial charge in [0, 0.05) is 25.7 Å². The Morgan fingerprint density at radius 2 is 1.59 bits per heavy atom. The van der Waals surface area contributed by atoms with E-state index in [1.165, 1.54) is 64.0 Å². The number of hydrogen-bond donors (Lipinski definition) is 0. The summed E-state index contributed by atoms with van der Waals surface area (Å²) in [5.74, 6) is 1.78. The Hall–Kier alpha value is -0.860. The van der Waals surface area contributed by atoms with Crippen LogP contribution in [0.3, 0.4) is 0 Å². The van der Waals surface area contributed by atoms with Crippen LogP contribution in [0.15, 0.2) is 30.3 Å². The van der Waals surface area contributed by atoms with Gasteiger partial charge in [0.15, 0.2) is 0 Å². The van der Waals surface area contributed by atoms with E-state index < -0.39 is 0 Å². The van der Waals surface area contributed by atoms with Crippen LogP contribution in [0.4, 0.5) is 0 Å². The van der Waals surface area contributed by atoms with Crippen LogP contribution in [0.1, 0.15) is 38.7 Å². The molecule has 2 aliphatic heterocycles. The van der Waals surface area contributed by atoms with Crippen LogP contribution in [0, 0.1) is 11.8 Å². The third-order valence-electron chi connectivity index (χ3n) is 5.53. The number of benzene rings is 1. The van der Waals surface area contributed by atoms with Gasteiger partial charge in [0.2, 0.25) is 0 Å². The summed E-state index contributed by atoms with van der Waals surface area (Å²) in [5, 5.41) is 0. The molecule has 0 N–H and O–H groups in total. The summed E-state index contributed by atoms with van der Waals surface area (Å²) in [4.78, 5) is 5.47. The third-order valence-corrected chi connectivity index (χ3v) is 5.53. The highest BCUT2D eigenvalue weighted by atomic mass is 15.2. The van der Waals surface area contributed by atoms with Crippen LogP contribution >= 0.6 is 0 Å². The van der Waals surface area contributed by atoms with Gasteiger partial charge in [0.05, 0.1) is 0 Å². The molecule has 3 rings (SSSR count). The van der Waals surface area contributed by atoms with E-state index in [0.29, 0.717) is 0 Å². The van der Waals surface area contributed by atoms with Crippen molar-refractivity contribution in [2.75, 3.05) is 32.7 Å². The van der Waals surface area contributed by atoms with Crippen molar-refractivity contribution in [1.82, 2.24) is 9.80 Å². The lowest BCUT2D eigenvalue weighted by Crippen LogP contribution is -2.50. The molecule has 2 saturated heterocycles. The molecule has 2 aliphatic rings. The minimum Gasteiger partial charge on any atom is -0.303 e. The van der Waals surface area contributed by atoms with E-state index >= 15 is 0 Å². The summed E-state index contributed by atoms with van der Waals surface area (Å²) in [5.41, 5.74) is 1.48. The van der Waals surface area contributed by atoms with Gasteiger partial charge in [-0.15, -0.1) is 0 Å². The Morgan fingerprint density at radius 3 is 2.23 bits per heavy atom. The highest BCUT2D eigenvalue weighted by Gasteiger charge is 2.29. The first-order valence-electron chi connectivity index (χ1n) is 9.21. The first-order valence-corrected chi connectivity index (χ1v) is 9.21. The topological polar surface area (TPSA) is 6.48 Å². The number of nitrogens with zero attached hydrogens (tertiary/aromatic N) is 2. The Balaban J connectivity index is 1.42. The van der Waals surface area contributed by atoms with E-state index in [4.69, 9.17) is 0 Å². The van der Waals surface area contributed by atoms with Crippen LogP contribution in [0.25, 0.3) is 0 Å². The molecule has 2 atom stereocenters. The third kappa shape index (κ3) is 4.33. The standard InChI is InChI=1S/C20H32N2/c1-17-14-18(2)16-22(15-17)20-9-12-21(13-10-20)11-8-19-6-4-3-5-7-19/h3-7,17-18,20H,8-16H2,1-2H3/t17-,18-/m1/s1. The zero-order valence-electron chi connectivity index (χ0n) is 14.4. The Labute approximate surface area is 136 Å². The molecule has 0 radical (unpaired) electrons. The maximum Gasteiger partial charge on any atom is 0.0120 e. The van der Waals surface area contributed by atoms with Crippen molar-refractivity contribution in [1.29, 1.82) is 0 Å². The Morgan fingerprint density at radius 1 is 0.955 bits per heavy atom. The second kappa shape index (κ2) is 7.61. The molecule has 1 aromatic rings. The van der Waals surface area contributed by atoms with Gasteiger partial charge in [-0.1, -0.05) is 44.2 Å². The van der Waals surface area contributed by atoms with Crippen molar-refractivity contribution in [3.63, 3.8) is 0 Å². The Bertz CT molecular complexity index is 426. The predicted molar refractivity (Wildman–Crippen MR) is 94.1 cm³/mol. The Kier molecular flexibility index (Phi) is 5.54. The van der Waals surface area contributed by atoms with E-state index in [1.54, 1.807) is 0 Å². The molecule has 0 aromatic heterocycles. The molecule has 122 valence electrons. The molecule has 2 fully saturated rings. The lowest BCUT2D eigenvalue weighted by atomic mass is 9.89. The van der Waals surface area contributed by atoms with Gasteiger partial charge in [-0.05, 0) is 56.2 Å². The van der Waals surface area contributed by atoms with Gasteiger partial charge < -0.3 is 4.90 Å². The zero-order valence-corrected chi connectivity index (χ0v) is 14.4. The molecule has 1 aromatic carbocycles. The fourth-order valence-corrected chi connectivity index (χ4v) is 4.45. The summed E-state index contributed by atoms with van der Waals surface area (Å²) in [6.07, 6.45) is 5.36. The fraction of sp³-hybridized carbons (Fsp3) is 0.700. The summed E-state index contributed by atoms with van der Waals surface area (Å²) >= 11 is 0. The molecular weight excluding hydrogens is 268 g/mol. The molecule has 0 amide bonds. The second-order valence-corrected chi connectivity index (χ2v) is 7.71. The maximum absolute atomic E-state index is 2.80. The van der Waals surface area contributed by atoms with E-state index in [1.807, 2.05) is 0 Å². The highest BCUT2D eigenvalue weighted by molar-refractivity contribution is 5.14. The van der Waals surface area contributed by atoms with Gasteiger partial charge >= 0.3 is 0 Å². The van der Waals surface area contributed by atoms with Crippen LogP contribution in [-0.4, -0.2) is 48.6 Å². The molecule has 2 heteroatoms. The summed E-state index contributed by atoms with van der Waals surface area (Å²) in [6, 6.07) is 11.8. The number of piperidine rings is 2. The molecule has 2 heterocycles. The lowest BCUT2D eigenvalue weighted by molar-refractivity contribution is 0.0550. The molecule has 0 spiro atoms. The number of rotatable bonds is 4. The largest absolute Gasteiger partial charge is 0.303 e. The summed E-state index contributed by atoms with van der Waals surface area (Å²) in [6.45, 7) is 11.3. The number of likely N-dealkylation sites (tertiary alicyclic amines) is 2. The van der Waals surface area contributed by atoms with Crippen molar-refractivity contribution in [2.24, 2.45) is 11.8 Å². The monoisotopic (exact) mass is 300 g/mol. The summed E-state index contributed by atoms with van der Waals surface area (Å²) < 4.78 is 0. The first kappa shape index (κ1) is 16.0. The lowest BCUT2D eigenvalue weighted by Gasteiger charge is -2.43. The molecule has 22 heavy (non-hydrogen) atoms. The van der Waals surface area contributed by atoms with Gasteiger partial charge in [0.1, 0.15) is 0 Å². The average molecular weight is 300 g/mol. The van der Waals surface area contributed by atoms with Crippen LogP contribution in [-0.2, 0) is 6.42 Å². The van der Waals surface area contributed by atoms with Crippen molar-refractivity contribution in [2.45, 2.75) is 45.6 Å². The van der Waals surface area contributed by atoms with Gasteiger partial charge in [-0.3, -0.25) is 4.90 Å². The quantitative estimate of drug-likeness (QED) is 0.837. The summed E-state index contributed by atoms with van der Waals surface area (Å²) in [7, 11) is 0. The van der Waals surface area contributed by atoms with Gasteiger partial charge in [0.25, 0.3) is 0 Å². The van der Waals surface area contributed by atoms with Crippen LogP contribution < -0.4 is 0 Å². The zero-order chi connectivity index (χ0) is 15.4. The minimum absolute atomic E-state index is 0.846. The normalized spacial score (nSPS) is 28.8. The van der Waals surface area contributed by atoms with Crippen molar-refractivity contribution in [3.05, 3.63) is 35.9 Å². The maximum atomic E-state index is 2.80. The van der Waals surface area contributed by atoms with Crippen molar-refractivity contribution >= 4 is 0 Å². The molecule has 0 aliphatic carbocycles. The second-order valence-electron chi connectivity index (χ2n) is 7.71. The highest BCUT2D eigenvalue weighted by Crippen LogP contribution is 2.26. The van der Waals surface area contributed by atoms with E-state index in [-0.39, 0.29) is 0 Å².